The molecule has 0 spiro atoms. The average Bonchev–Trinajstić information content (AvgIpc) is 3.03. The highest BCUT2D eigenvalue weighted by molar-refractivity contribution is 5.86. The summed E-state index contributed by atoms with van der Waals surface area (Å²) in [5.41, 5.74) is 1.11. The molecule has 27 heavy (non-hydrogen) atoms. The molecular weight excluding hydrogens is 343 g/mol. The normalized spacial score (nSPS) is 28.4. The number of aromatic amines is 1. The minimum Gasteiger partial charge on any atom is -0.390 e. The van der Waals surface area contributed by atoms with E-state index in [-0.39, 0.29) is 35.6 Å². The number of aromatic nitrogens is 1. The summed E-state index contributed by atoms with van der Waals surface area (Å²) >= 11 is 0. The molecule has 3 fully saturated rings. The minimum absolute atomic E-state index is 0.0402. The third-order valence-electron chi connectivity index (χ3n) is 6.68. The molecule has 146 valence electrons. The van der Waals surface area contributed by atoms with Crippen LogP contribution in [0.2, 0.25) is 0 Å². The first-order valence-electron chi connectivity index (χ1n) is 10.1. The van der Waals surface area contributed by atoms with E-state index in [0.29, 0.717) is 31.1 Å². The van der Waals surface area contributed by atoms with E-state index < -0.39 is 5.60 Å². The molecule has 2 bridgehead atoms. The number of H-pyrrole nitrogens is 1. The molecule has 4 nitrogen and oxygen atoms in total. The van der Waals surface area contributed by atoms with Crippen molar-refractivity contribution >= 4 is 16.8 Å². The van der Waals surface area contributed by atoms with Crippen LogP contribution in [0.4, 0.5) is 4.39 Å². The lowest BCUT2D eigenvalue weighted by Gasteiger charge is -2.58. The van der Waals surface area contributed by atoms with Crippen LogP contribution in [0.1, 0.15) is 64.4 Å². The first-order chi connectivity index (χ1) is 12.8. The second-order valence-corrected chi connectivity index (χ2v) is 8.81. The number of rotatable bonds is 5. The molecule has 1 aromatic carbocycles. The summed E-state index contributed by atoms with van der Waals surface area (Å²) in [5, 5.41) is 11.0. The summed E-state index contributed by atoms with van der Waals surface area (Å²) in [6.07, 6.45) is 5.18. The van der Waals surface area contributed by atoms with Gasteiger partial charge in [-0.15, -0.1) is 0 Å². The number of hydrogen-bond donors (Lipinski definition) is 2. The lowest BCUT2D eigenvalue weighted by Crippen LogP contribution is -2.67. The predicted octanol–water partition coefficient (Wildman–Crippen LogP) is 4.34. The smallest absolute Gasteiger partial charge is 0.223 e. The molecule has 2 saturated heterocycles. The lowest BCUT2D eigenvalue weighted by atomic mass is 9.66. The van der Waals surface area contributed by atoms with E-state index in [0.717, 1.165) is 17.5 Å². The number of nitrogens with one attached hydrogen (secondary N) is 1. The van der Waals surface area contributed by atoms with E-state index in [4.69, 9.17) is 0 Å². The Labute approximate surface area is 159 Å². The number of halogens is 1. The van der Waals surface area contributed by atoms with E-state index in [9.17, 15) is 14.3 Å². The molecule has 2 atom stereocenters. The SMILES string of the molecule is CCC1CC2(O)CC(C2)N1C(=O)CC(c1c[nH]c2cccc(F)c12)C(C)C. The average molecular weight is 372 g/mol. The molecule has 1 aromatic heterocycles. The van der Waals surface area contributed by atoms with Crippen LogP contribution in [0.5, 0.6) is 0 Å². The van der Waals surface area contributed by atoms with Crippen molar-refractivity contribution in [3.05, 3.63) is 35.8 Å². The maximum atomic E-state index is 14.5. The van der Waals surface area contributed by atoms with Gasteiger partial charge in [0.25, 0.3) is 0 Å². The molecule has 1 aliphatic carbocycles. The Kier molecular flexibility index (Phi) is 4.53. The van der Waals surface area contributed by atoms with Gasteiger partial charge in [0.15, 0.2) is 0 Å². The fraction of sp³-hybridized carbons (Fsp3) is 0.591. The van der Waals surface area contributed by atoms with Gasteiger partial charge in [-0.2, -0.15) is 0 Å². The topological polar surface area (TPSA) is 56.3 Å². The van der Waals surface area contributed by atoms with E-state index in [1.165, 1.54) is 6.07 Å². The highest BCUT2D eigenvalue weighted by Crippen LogP contribution is 2.47. The number of benzene rings is 1. The second-order valence-electron chi connectivity index (χ2n) is 8.81. The standard InChI is InChI=1S/C22H29FN2O2/c1-4-14-9-22(27)10-15(11-22)25(14)20(26)8-16(13(2)3)17-12-24-19-7-5-6-18(23)21(17)19/h5-7,12-16,24,27H,4,8-11H2,1-3H3. The van der Waals surface area contributed by atoms with Gasteiger partial charge in [0.1, 0.15) is 5.82 Å². The third kappa shape index (κ3) is 3.06. The minimum atomic E-state index is -0.556. The van der Waals surface area contributed by atoms with Crippen LogP contribution < -0.4 is 0 Å². The predicted molar refractivity (Wildman–Crippen MR) is 104 cm³/mol. The molecule has 5 rings (SSSR count). The summed E-state index contributed by atoms with van der Waals surface area (Å²) in [4.78, 5) is 18.5. The Bertz CT molecular complexity index is 853. The first-order valence-corrected chi connectivity index (χ1v) is 10.1. The van der Waals surface area contributed by atoms with Crippen molar-refractivity contribution in [2.75, 3.05) is 0 Å². The molecule has 2 aliphatic heterocycles. The second kappa shape index (κ2) is 6.62. The Morgan fingerprint density at radius 1 is 1.37 bits per heavy atom. The van der Waals surface area contributed by atoms with Crippen molar-refractivity contribution in [1.82, 2.24) is 9.88 Å². The van der Waals surface area contributed by atoms with Crippen molar-refractivity contribution < 1.29 is 14.3 Å². The lowest BCUT2D eigenvalue weighted by molar-refractivity contribution is -0.179. The summed E-state index contributed by atoms with van der Waals surface area (Å²) in [5.74, 6) is 0.0746. The van der Waals surface area contributed by atoms with E-state index in [1.807, 2.05) is 17.2 Å². The molecule has 3 heterocycles. The number of hydrogen-bond acceptors (Lipinski definition) is 2. The van der Waals surface area contributed by atoms with Gasteiger partial charge in [-0.05, 0) is 55.2 Å². The molecule has 2 unspecified atom stereocenters. The summed E-state index contributed by atoms with van der Waals surface area (Å²) in [7, 11) is 0. The summed E-state index contributed by atoms with van der Waals surface area (Å²) in [6.45, 7) is 6.26. The third-order valence-corrected chi connectivity index (χ3v) is 6.68. The molecule has 1 saturated carbocycles. The quantitative estimate of drug-likeness (QED) is 0.820. The largest absolute Gasteiger partial charge is 0.390 e. The van der Waals surface area contributed by atoms with E-state index in [2.05, 4.69) is 25.8 Å². The molecule has 0 radical (unpaired) electrons. The first kappa shape index (κ1) is 18.5. The number of aliphatic hydroxyl groups is 1. The van der Waals surface area contributed by atoms with Gasteiger partial charge in [0, 0.05) is 35.6 Å². The fourth-order valence-electron chi connectivity index (χ4n) is 5.22. The molecule has 1 amide bonds. The van der Waals surface area contributed by atoms with Crippen LogP contribution in [0.3, 0.4) is 0 Å². The summed E-state index contributed by atoms with van der Waals surface area (Å²) in [6, 6.07) is 5.32. The van der Waals surface area contributed by atoms with Gasteiger partial charge in [-0.1, -0.05) is 26.8 Å². The van der Waals surface area contributed by atoms with Crippen LogP contribution in [0.15, 0.2) is 24.4 Å². The van der Waals surface area contributed by atoms with Gasteiger partial charge < -0.3 is 15.0 Å². The number of carbonyl (C=O) groups is 1. The number of piperidine rings is 2. The van der Waals surface area contributed by atoms with E-state index in [1.54, 1.807) is 6.07 Å². The van der Waals surface area contributed by atoms with Gasteiger partial charge in [0.2, 0.25) is 5.91 Å². The zero-order valence-corrected chi connectivity index (χ0v) is 16.3. The Balaban J connectivity index is 1.61. The highest BCUT2D eigenvalue weighted by Gasteiger charge is 2.54. The van der Waals surface area contributed by atoms with Crippen LogP contribution in [-0.2, 0) is 4.79 Å². The van der Waals surface area contributed by atoms with Crippen molar-refractivity contribution in [3.8, 4) is 0 Å². The maximum Gasteiger partial charge on any atom is 0.223 e. The Morgan fingerprint density at radius 3 is 2.78 bits per heavy atom. The monoisotopic (exact) mass is 372 g/mol. The van der Waals surface area contributed by atoms with Crippen molar-refractivity contribution in [2.24, 2.45) is 5.92 Å². The van der Waals surface area contributed by atoms with Gasteiger partial charge >= 0.3 is 0 Å². The zero-order chi connectivity index (χ0) is 19.3. The van der Waals surface area contributed by atoms with Crippen molar-refractivity contribution in [1.29, 1.82) is 0 Å². The molecule has 5 heteroatoms. The Morgan fingerprint density at radius 2 is 2.11 bits per heavy atom. The highest BCUT2D eigenvalue weighted by atomic mass is 19.1. The van der Waals surface area contributed by atoms with Gasteiger partial charge in [-0.3, -0.25) is 4.79 Å². The van der Waals surface area contributed by atoms with Gasteiger partial charge in [0.05, 0.1) is 5.60 Å². The van der Waals surface area contributed by atoms with Crippen LogP contribution in [0, 0.1) is 11.7 Å². The van der Waals surface area contributed by atoms with Gasteiger partial charge in [-0.25, -0.2) is 4.39 Å². The van der Waals surface area contributed by atoms with Crippen molar-refractivity contribution in [2.45, 2.75) is 76.5 Å². The maximum absolute atomic E-state index is 14.5. The molecule has 2 N–H and O–H groups in total. The Hall–Kier alpha value is -1.88. The molecular formula is C22H29FN2O2. The number of fused-ring (bicyclic) bond motifs is 3. The number of amides is 1. The van der Waals surface area contributed by atoms with Crippen LogP contribution >= 0.6 is 0 Å². The van der Waals surface area contributed by atoms with E-state index >= 15 is 0 Å². The van der Waals surface area contributed by atoms with Crippen molar-refractivity contribution in [3.63, 3.8) is 0 Å². The molecule has 3 aliphatic rings. The van der Waals surface area contributed by atoms with Crippen LogP contribution in [0.25, 0.3) is 10.9 Å². The summed E-state index contributed by atoms with van der Waals surface area (Å²) < 4.78 is 14.5. The van der Waals surface area contributed by atoms with Crippen LogP contribution in [-0.4, -0.2) is 38.6 Å². The number of nitrogens with zero attached hydrogens (tertiary/aromatic N) is 1. The fourth-order valence-corrected chi connectivity index (χ4v) is 5.22. The zero-order valence-electron chi connectivity index (χ0n) is 16.3. The number of carbonyl (C=O) groups excluding carboxylic acids is 1. The molecule has 2 aromatic rings.